The zero-order chi connectivity index (χ0) is 9.26. The SMILES string of the molecule is OCc1ncc(-c2csc(Cl)c2)[nH]1. The van der Waals surface area contributed by atoms with Crippen molar-refractivity contribution >= 4 is 22.9 Å². The summed E-state index contributed by atoms with van der Waals surface area (Å²) in [6.07, 6.45) is 1.68. The van der Waals surface area contributed by atoms with E-state index in [9.17, 15) is 0 Å². The van der Waals surface area contributed by atoms with Gasteiger partial charge in [-0.2, -0.15) is 0 Å². The molecule has 0 unspecified atom stereocenters. The number of nitrogens with one attached hydrogen (secondary N) is 1. The highest BCUT2D eigenvalue weighted by atomic mass is 35.5. The van der Waals surface area contributed by atoms with E-state index in [0.29, 0.717) is 5.82 Å². The van der Waals surface area contributed by atoms with Crippen molar-refractivity contribution in [2.24, 2.45) is 0 Å². The molecule has 0 fully saturated rings. The number of hydrogen-bond acceptors (Lipinski definition) is 3. The summed E-state index contributed by atoms with van der Waals surface area (Å²) in [6.45, 7) is -0.0716. The maximum atomic E-state index is 8.79. The molecule has 68 valence electrons. The molecule has 0 atom stereocenters. The Bertz CT molecular complexity index is 410. The molecule has 0 spiro atoms. The standard InChI is InChI=1S/C8H7ClN2OS/c9-7-1-5(4-13-7)6-2-10-8(3-12)11-6/h1-2,4,12H,3H2,(H,10,11). The minimum atomic E-state index is -0.0716. The van der Waals surface area contributed by atoms with Gasteiger partial charge in [0.2, 0.25) is 0 Å². The predicted molar refractivity (Wildman–Crippen MR) is 52.8 cm³/mol. The van der Waals surface area contributed by atoms with Crippen LogP contribution in [0.5, 0.6) is 0 Å². The average molecular weight is 215 g/mol. The molecular formula is C8H7ClN2OS. The van der Waals surface area contributed by atoms with Gasteiger partial charge in [-0.3, -0.25) is 0 Å². The quantitative estimate of drug-likeness (QED) is 0.806. The molecule has 2 aromatic heterocycles. The third-order valence-electron chi connectivity index (χ3n) is 1.66. The van der Waals surface area contributed by atoms with Gasteiger partial charge in [-0.25, -0.2) is 4.98 Å². The van der Waals surface area contributed by atoms with E-state index in [0.717, 1.165) is 15.6 Å². The van der Waals surface area contributed by atoms with Gasteiger partial charge in [0, 0.05) is 10.9 Å². The van der Waals surface area contributed by atoms with Crippen molar-refractivity contribution in [3.63, 3.8) is 0 Å². The number of H-pyrrole nitrogens is 1. The van der Waals surface area contributed by atoms with Crippen molar-refractivity contribution in [1.82, 2.24) is 9.97 Å². The topological polar surface area (TPSA) is 48.9 Å². The van der Waals surface area contributed by atoms with Crippen LogP contribution >= 0.6 is 22.9 Å². The second kappa shape index (κ2) is 3.49. The van der Waals surface area contributed by atoms with Crippen LogP contribution < -0.4 is 0 Å². The molecule has 2 heterocycles. The second-order valence-electron chi connectivity index (χ2n) is 2.54. The van der Waals surface area contributed by atoms with E-state index in [4.69, 9.17) is 16.7 Å². The lowest BCUT2D eigenvalue weighted by atomic mass is 10.3. The first-order valence-electron chi connectivity index (χ1n) is 3.69. The van der Waals surface area contributed by atoms with Crippen LogP contribution in [0, 0.1) is 0 Å². The number of aliphatic hydroxyl groups is 1. The highest BCUT2D eigenvalue weighted by Crippen LogP contribution is 2.27. The summed E-state index contributed by atoms with van der Waals surface area (Å²) in [6, 6.07) is 1.86. The lowest BCUT2D eigenvalue weighted by Gasteiger charge is -1.89. The Labute approximate surface area is 84.0 Å². The lowest BCUT2D eigenvalue weighted by Crippen LogP contribution is -1.84. The van der Waals surface area contributed by atoms with E-state index in [1.807, 2.05) is 11.4 Å². The maximum absolute atomic E-state index is 8.79. The third-order valence-corrected chi connectivity index (χ3v) is 2.75. The Kier molecular flexibility index (Phi) is 2.35. The van der Waals surface area contributed by atoms with Gasteiger partial charge < -0.3 is 10.1 Å². The zero-order valence-electron chi connectivity index (χ0n) is 6.62. The molecule has 5 heteroatoms. The van der Waals surface area contributed by atoms with Gasteiger partial charge in [0.25, 0.3) is 0 Å². The lowest BCUT2D eigenvalue weighted by molar-refractivity contribution is 0.272. The number of rotatable bonds is 2. The predicted octanol–water partition coefficient (Wildman–Crippen LogP) is 2.28. The van der Waals surface area contributed by atoms with Crippen LogP contribution in [0.15, 0.2) is 17.6 Å². The fourth-order valence-corrected chi connectivity index (χ4v) is 1.92. The molecule has 0 radical (unpaired) electrons. The second-order valence-corrected chi connectivity index (χ2v) is 4.08. The normalized spacial score (nSPS) is 10.6. The Hall–Kier alpha value is -0.840. The number of imidazole rings is 1. The smallest absolute Gasteiger partial charge is 0.132 e. The van der Waals surface area contributed by atoms with Crippen LogP contribution in [-0.4, -0.2) is 15.1 Å². The van der Waals surface area contributed by atoms with E-state index in [2.05, 4.69) is 9.97 Å². The van der Waals surface area contributed by atoms with Gasteiger partial charge in [0.1, 0.15) is 12.4 Å². The van der Waals surface area contributed by atoms with Crippen LogP contribution in [-0.2, 0) is 6.61 Å². The summed E-state index contributed by atoms with van der Waals surface area (Å²) >= 11 is 7.26. The molecule has 2 N–H and O–H groups in total. The molecule has 3 nitrogen and oxygen atoms in total. The molecule has 2 aromatic rings. The molecule has 0 saturated carbocycles. The number of hydrogen-bond donors (Lipinski definition) is 2. The molecule has 13 heavy (non-hydrogen) atoms. The van der Waals surface area contributed by atoms with Crippen molar-refractivity contribution in [2.75, 3.05) is 0 Å². The highest BCUT2D eigenvalue weighted by Gasteiger charge is 2.04. The number of halogens is 1. The van der Waals surface area contributed by atoms with Crippen LogP contribution in [0.3, 0.4) is 0 Å². The van der Waals surface area contributed by atoms with E-state index in [-0.39, 0.29) is 6.61 Å². The first-order chi connectivity index (χ1) is 6.29. The fraction of sp³-hybridized carbons (Fsp3) is 0.125. The summed E-state index contributed by atoms with van der Waals surface area (Å²) in [5.74, 6) is 0.567. The van der Waals surface area contributed by atoms with Gasteiger partial charge in [0.05, 0.1) is 16.2 Å². The Balaban J connectivity index is 2.35. The molecular weight excluding hydrogens is 208 g/mol. The minimum Gasteiger partial charge on any atom is -0.388 e. The molecule has 0 amide bonds. The van der Waals surface area contributed by atoms with Gasteiger partial charge in [-0.05, 0) is 6.07 Å². The summed E-state index contributed by atoms with van der Waals surface area (Å²) in [7, 11) is 0. The van der Waals surface area contributed by atoms with Gasteiger partial charge in [0.15, 0.2) is 0 Å². The number of thiophene rings is 1. The van der Waals surface area contributed by atoms with Crippen molar-refractivity contribution in [2.45, 2.75) is 6.61 Å². The molecule has 0 aliphatic carbocycles. The largest absolute Gasteiger partial charge is 0.388 e. The van der Waals surface area contributed by atoms with Crippen molar-refractivity contribution in [3.05, 3.63) is 27.8 Å². The van der Waals surface area contributed by atoms with Crippen molar-refractivity contribution < 1.29 is 5.11 Å². The monoisotopic (exact) mass is 214 g/mol. The van der Waals surface area contributed by atoms with E-state index < -0.39 is 0 Å². The van der Waals surface area contributed by atoms with E-state index in [1.54, 1.807) is 6.20 Å². The highest BCUT2D eigenvalue weighted by molar-refractivity contribution is 7.14. The Morgan fingerprint density at radius 3 is 3.00 bits per heavy atom. The van der Waals surface area contributed by atoms with Crippen LogP contribution in [0.25, 0.3) is 11.3 Å². The summed E-state index contributed by atoms with van der Waals surface area (Å²) < 4.78 is 0.746. The first-order valence-corrected chi connectivity index (χ1v) is 4.94. The third kappa shape index (κ3) is 1.75. The van der Waals surface area contributed by atoms with Gasteiger partial charge in [-0.1, -0.05) is 11.6 Å². The molecule has 0 aliphatic rings. The number of aromatic nitrogens is 2. The summed E-state index contributed by atoms with van der Waals surface area (Å²) in [5.41, 5.74) is 1.88. The van der Waals surface area contributed by atoms with E-state index in [1.165, 1.54) is 11.3 Å². The molecule has 0 aliphatic heterocycles. The van der Waals surface area contributed by atoms with Crippen LogP contribution in [0.1, 0.15) is 5.82 Å². The van der Waals surface area contributed by atoms with Crippen LogP contribution in [0.4, 0.5) is 0 Å². The Morgan fingerprint density at radius 2 is 2.46 bits per heavy atom. The molecule has 0 bridgehead atoms. The molecule has 2 rings (SSSR count). The zero-order valence-corrected chi connectivity index (χ0v) is 8.19. The maximum Gasteiger partial charge on any atom is 0.132 e. The van der Waals surface area contributed by atoms with Crippen molar-refractivity contribution in [3.8, 4) is 11.3 Å². The number of nitrogens with zero attached hydrogens (tertiary/aromatic N) is 1. The van der Waals surface area contributed by atoms with Gasteiger partial charge >= 0.3 is 0 Å². The van der Waals surface area contributed by atoms with E-state index >= 15 is 0 Å². The summed E-state index contributed by atoms with van der Waals surface area (Å²) in [5, 5.41) is 10.7. The summed E-state index contributed by atoms with van der Waals surface area (Å²) in [4.78, 5) is 6.96. The van der Waals surface area contributed by atoms with Gasteiger partial charge in [-0.15, -0.1) is 11.3 Å². The fourth-order valence-electron chi connectivity index (χ4n) is 1.04. The molecule has 0 aromatic carbocycles. The van der Waals surface area contributed by atoms with Crippen LogP contribution in [0.2, 0.25) is 4.34 Å². The number of aliphatic hydroxyl groups excluding tert-OH is 1. The molecule has 0 saturated heterocycles. The first kappa shape index (κ1) is 8.74. The van der Waals surface area contributed by atoms with Crippen molar-refractivity contribution in [1.29, 1.82) is 0 Å². The Morgan fingerprint density at radius 1 is 1.62 bits per heavy atom. The minimum absolute atomic E-state index is 0.0716. The average Bonchev–Trinajstić information content (AvgIpc) is 2.71. The number of aromatic amines is 1.